The molecule has 2 aromatic heterocycles. The Bertz CT molecular complexity index is 631. The molecule has 1 fully saturated rings. The van der Waals surface area contributed by atoms with Gasteiger partial charge in [0.2, 0.25) is 0 Å². The highest BCUT2D eigenvalue weighted by molar-refractivity contribution is 5.69. The number of nitrogens with one attached hydrogen (secondary N) is 1. The summed E-state index contributed by atoms with van der Waals surface area (Å²) in [6.07, 6.45) is 7.34. The topological polar surface area (TPSA) is 52.0 Å². The number of nitrogens with zero attached hydrogens (tertiary/aromatic N) is 3. The van der Waals surface area contributed by atoms with Crippen molar-refractivity contribution >= 4 is 5.82 Å². The van der Waals surface area contributed by atoms with E-state index in [0.717, 1.165) is 43.1 Å². The molecule has 0 radical (unpaired) electrons. The van der Waals surface area contributed by atoms with Crippen molar-refractivity contribution < 1.29 is 4.74 Å². The van der Waals surface area contributed by atoms with Crippen LogP contribution in [0.3, 0.4) is 0 Å². The molecule has 2 atom stereocenters. The highest BCUT2D eigenvalue weighted by Crippen LogP contribution is 2.37. The lowest BCUT2D eigenvalue weighted by Crippen LogP contribution is -2.32. The first-order chi connectivity index (χ1) is 10.3. The molecule has 0 aromatic carbocycles. The van der Waals surface area contributed by atoms with Gasteiger partial charge in [0.05, 0.1) is 17.8 Å². The Balaban J connectivity index is 1.76. The Morgan fingerprint density at radius 1 is 1.29 bits per heavy atom. The van der Waals surface area contributed by atoms with Crippen LogP contribution in [0.2, 0.25) is 0 Å². The number of aromatic nitrogens is 3. The van der Waals surface area contributed by atoms with Gasteiger partial charge in [0.15, 0.2) is 0 Å². The first-order valence-electron chi connectivity index (χ1n) is 7.69. The van der Waals surface area contributed by atoms with Crippen molar-refractivity contribution in [2.75, 3.05) is 18.5 Å². The number of hydrogen-bond acceptors (Lipinski definition) is 4. The van der Waals surface area contributed by atoms with Gasteiger partial charge >= 0.3 is 0 Å². The van der Waals surface area contributed by atoms with Crippen molar-refractivity contribution in [1.29, 1.82) is 0 Å². The minimum atomic E-state index is 0.315. The maximum atomic E-state index is 5.91. The summed E-state index contributed by atoms with van der Waals surface area (Å²) in [4.78, 5) is 4.09. The van der Waals surface area contributed by atoms with Gasteiger partial charge in [0.1, 0.15) is 5.82 Å². The number of hydrogen-bond donors (Lipinski definition) is 1. The van der Waals surface area contributed by atoms with Gasteiger partial charge in [-0.2, -0.15) is 5.10 Å². The van der Waals surface area contributed by atoms with Gasteiger partial charge in [0.25, 0.3) is 0 Å². The number of anilines is 1. The zero-order valence-corrected chi connectivity index (χ0v) is 12.2. The van der Waals surface area contributed by atoms with Gasteiger partial charge in [-0.3, -0.25) is 4.98 Å². The molecule has 4 heterocycles. The number of fused-ring (bicyclic) bond motifs is 1. The first kappa shape index (κ1) is 12.8. The number of pyridine rings is 1. The zero-order valence-electron chi connectivity index (χ0n) is 12.2. The fourth-order valence-electron chi connectivity index (χ4n) is 3.46. The van der Waals surface area contributed by atoms with Crippen LogP contribution < -0.4 is 5.32 Å². The van der Waals surface area contributed by atoms with E-state index in [-0.39, 0.29) is 0 Å². The van der Waals surface area contributed by atoms with Crippen molar-refractivity contribution in [2.45, 2.75) is 38.3 Å². The smallest absolute Gasteiger partial charge is 0.128 e. The third-order valence-electron chi connectivity index (χ3n) is 4.54. The fraction of sp³-hybridized carbons (Fsp3) is 0.500. The summed E-state index contributed by atoms with van der Waals surface area (Å²) in [5.41, 5.74) is 3.38. The molecule has 0 amide bonds. The maximum Gasteiger partial charge on any atom is 0.128 e. The van der Waals surface area contributed by atoms with Crippen LogP contribution in [0.25, 0.3) is 11.3 Å². The van der Waals surface area contributed by atoms with Crippen molar-refractivity contribution in [3.8, 4) is 11.3 Å². The second-order valence-corrected chi connectivity index (χ2v) is 5.84. The summed E-state index contributed by atoms with van der Waals surface area (Å²) in [6.45, 7) is 4.02. The molecule has 0 saturated carbocycles. The van der Waals surface area contributed by atoms with Crippen LogP contribution >= 0.6 is 0 Å². The quantitative estimate of drug-likeness (QED) is 0.921. The summed E-state index contributed by atoms with van der Waals surface area (Å²) >= 11 is 0. The minimum absolute atomic E-state index is 0.315. The molecule has 2 unspecified atom stereocenters. The Morgan fingerprint density at radius 3 is 2.90 bits per heavy atom. The van der Waals surface area contributed by atoms with Crippen molar-refractivity contribution in [3.63, 3.8) is 0 Å². The van der Waals surface area contributed by atoms with E-state index in [1.165, 1.54) is 12.0 Å². The summed E-state index contributed by atoms with van der Waals surface area (Å²) in [6, 6.07) is 4.39. The molecule has 5 nitrogen and oxygen atoms in total. The second kappa shape index (κ2) is 5.15. The molecular weight excluding hydrogens is 264 g/mol. The first-order valence-corrected chi connectivity index (χ1v) is 7.69. The van der Waals surface area contributed by atoms with Crippen LogP contribution in [-0.2, 0) is 4.74 Å². The lowest BCUT2D eigenvalue weighted by molar-refractivity contribution is 0.0592. The molecular formula is C16H20N4O. The van der Waals surface area contributed by atoms with Crippen LogP contribution in [0, 0.1) is 6.92 Å². The monoisotopic (exact) mass is 284 g/mol. The minimum Gasteiger partial charge on any atom is -0.376 e. The zero-order chi connectivity index (χ0) is 14.2. The van der Waals surface area contributed by atoms with E-state index in [2.05, 4.69) is 21.9 Å². The molecule has 0 aliphatic carbocycles. The van der Waals surface area contributed by atoms with E-state index < -0.39 is 0 Å². The van der Waals surface area contributed by atoms with Crippen molar-refractivity contribution in [1.82, 2.24) is 14.8 Å². The molecule has 5 heteroatoms. The average Bonchev–Trinajstić information content (AvgIpc) is 3.17. The van der Waals surface area contributed by atoms with Gasteiger partial charge < -0.3 is 10.1 Å². The number of rotatable bonds is 2. The molecule has 21 heavy (non-hydrogen) atoms. The third-order valence-corrected chi connectivity index (χ3v) is 4.54. The average molecular weight is 284 g/mol. The lowest BCUT2D eigenvalue weighted by atomic mass is 10.0. The number of ether oxygens (including phenoxy) is 1. The van der Waals surface area contributed by atoms with E-state index in [4.69, 9.17) is 9.84 Å². The molecule has 1 N–H and O–H groups in total. The second-order valence-electron chi connectivity index (χ2n) is 5.84. The maximum absolute atomic E-state index is 5.91. The molecule has 0 bridgehead atoms. The SMILES string of the molecule is Cc1c(-c2ccncc2)nn2c1NCCC2C1CCCO1. The summed E-state index contributed by atoms with van der Waals surface area (Å²) < 4.78 is 8.06. The summed E-state index contributed by atoms with van der Waals surface area (Å²) in [5, 5.41) is 8.40. The molecule has 0 spiro atoms. The Kier molecular flexibility index (Phi) is 3.15. The van der Waals surface area contributed by atoms with Gasteiger partial charge in [-0.25, -0.2) is 4.68 Å². The molecule has 2 aliphatic heterocycles. The lowest BCUT2D eigenvalue weighted by Gasteiger charge is -2.29. The van der Waals surface area contributed by atoms with E-state index in [0.29, 0.717) is 12.1 Å². The molecule has 2 aromatic rings. The van der Waals surface area contributed by atoms with Gasteiger partial charge in [-0.1, -0.05) is 0 Å². The van der Waals surface area contributed by atoms with Gasteiger partial charge in [-0.05, 0) is 38.3 Å². The highest BCUT2D eigenvalue weighted by Gasteiger charge is 2.33. The normalized spacial score (nSPS) is 24.6. The van der Waals surface area contributed by atoms with Crippen LogP contribution in [-0.4, -0.2) is 34.0 Å². The standard InChI is InChI=1S/C16H20N4O/c1-11-15(12-4-7-17-8-5-12)19-20-13(6-9-18-16(11)20)14-3-2-10-21-14/h4-5,7-8,13-14,18H,2-3,6,9-10H2,1H3. The van der Waals surface area contributed by atoms with E-state index >= 15 is 0 Å². The van der Waals surface area contributed by atoms with Crippen LogP contribution in [0.1, 0.15) is 30.9 Å². The molecule has 4 rings (SSSR count). The van der Waals surface area contributed by atoms with Crippen molar-refractivity contribution in [3.05, 3.63) is 30.1 Å². The highest BCUT2D eigenvalue weighted by atomic mass is 16.5. The van der Waals surface area contributed by atoms with E-state index in [1.807, 2.05) is 24.5 Å². The predicted octanol–water partition coefficient (Wildman–Crippen LogP) is 2.79. The van der Waals surface area contributed by atoms with Crippen LogP contribution in [0.4, 0.5) is 5.82 Å². The molecule has 1 saturated heterocycles. The van der Waals surface area contributed by atoms with E-state index in [9.17, 15) is 0 Å². The van der Waals surface area contributed by atoms with E-state index in [1.54, 1.807) is 0 Å². The third kappa shape index (κ3) is 2.12. The Labute approximate surface area is 124 Å². The molecule has 110 valence electrons. The van der Waals surface area contributed by atoms with Crippen LogP contribution in [0.15, 0.2) is 24.5 Å². The summed E-state index contributed by atoms with van der Waals surface area (Å²) in [5.74, 6) is 1.15. The summed E-state index contributed by atoms with van der Waals surface area (Å²) in [7, 11) is 0. The van der Waals surface area contributed by atoms with Gasteiger partial charge in [0, 0.05) is 36.7 Å². The van der Waals surface area contributed by atoms with Gasteiger partial charge in [-0.15, -0.1) is 0 Å². The van der Waals surface area contributed by atoms with Crippen molar-refractivity contribution in [2.24, 2.45) is 0 Å². The Hall–Kier alpha value is -1.88. The van der Waals surface area contributed by atoms with Crippen LogP contribution in [0.5, 0.6) is 0 Å². The fourth-order valence-corrected chi connectivity index (χ4v) is 3.46. The molecule has 2 aliphatic rings. The predicted molar refractivity (Wildman–Crippen MR) is 81.3 cm³/mol. The largest absolute Gasteiger partial charge is 0.376 e. The Morgan fingerprint density at radius 2 is 2.14 bits per heavy atom.